The molecule has 1 aliphatic rings. The summed E-state index contributed by atoms with van der Waals surface area (Å²) < 4.78 is 0. The van der Waals surface area contributed by atoms with Crippen LogP contribution >= 0.6 is 0 Å². The monoisotopic (exact) mass is 287 g/mol. The van der Waals surface area contributed by atoms with Crippen molar-refractivity contribution in [1.29, 1.82) is 0 Å². The third kappa shape index (κ3) is 4.32. The van der Waals surface area contributed by atoms with Gasteiger partial charge in [0.05, 0.1) is 0 Å². The van der Waals surface area contributed by atoms with Crippen LogP contribution in [-0.4, -0.2) is 13.1 Å². The molecule has 0 bridgehead atoms. The van der Waals surface area contributed by atoms with Crippen LogP contribution in [0.3, 0.4) is 0 Å². The van der Waals surface area contributed by atoms with Gasteiger partial charge in [0.2, 0.25) is 0 Å². The lowest BCUT2D eigenvalue weighted by Gasteiger charge is -2.24. The molecule has 0 aromatic heterocycles. The van der Waals surface area contributed by atoms with Gasteiger partial charge in [-0.15, -0.1) is 0 Å². The zero-order valence-corrected chi connectivity index (χ0v) is 14.6. The van der Waals surface area contributed by atoms with Gasteiger partial charge in [-0.05, 0) is 54.7 Å². The summed E-state index contributed by atoms with van der Waals surface area (Å²) in [5, 5.41) is 3.58. The molecule has 1 aromatic rings. The maximum Gasteiger partial charge on any atom is 0.0133 e. The highest BCUT2D eigenvalue weighted by molar-refractivity contribution is 5.28. The summed E-state index contributed by atoms with van der Waals surface area (Å²) in [5.41, 5.74) is 3.15. The summed E-state index contributed by atoms with van der Waals surface area (Å²) in [7, 11) is 2.13. The predicted molar refractivity (Wildman–Crippen MR) is 92.8 cm³/mol. The third-order valence-electron chi connectivity index (χ3n) is 5.37. The van der Waals surface area contributed by atoms with Gasteiger partial charge in [-0.3, -0.25) is 0 Å². The molecule has 0 aliphatic heterocycles. The molecule has 21 heavy (non-hydrogen) atoms. The largest absolute Gasteiger partial charge is 0.316 e. The second-order valence-electron chi connectivity index (χ2n) is 7.89. The first kappa shape index (κ1) is 16.5. The molecule has 0 saturated heterocycles. The number of nitrogens with one attached hydrogen (secondary N) is 1. The molecule has 1 N–H and O–H groups in total. The summed E-state index contributed by atoms with van der Waals surface area (Å²) in [6.07, 6.45) is 6.78. The lowest BCUT2D eigenvalue weighted by atomic mass is 9.85. The number of benzene rings is 1. The minimum atomic E-state index is 0.251. The number of rotatable bonds is 5. The Morgan fingerprint density at radius 3 is 2.29 bits per heavy atom. The van der Waals surface area contributed by atoms with Crippen molar-refractivity contribution in [1.82, 2.24) is 5.32 Å². The molecule has 1 nitrogen and oxygen atoms in total. The smallest absolute Gasteiger partial charge is 0.0133 e. The molecule has 3 unspecified atom stereocenters. The van der Waals surface area contributed by atoms with Gasteiger partial charge in [0.1, 0.15) is 0 Å². The molecule has 1 saturated carbocycles. The van der Waals surface area contributed by atoms with Gasteiger partial charge < -0.3 is 5.32 Å². The van der Waals surface area contributed by atoms with Crippen LogP contribution in [0.4, 0.5) is 0 Å². The Labute approximate surface area is 131 Å². The minimum Gasteiger partial charge on any atom is -0.316 e. The summed E-state index contributed by atoms with van der Waals surface area (Å²) in [4.78, 5) is 0. The van der Waals surface area contributed by atoms with Crippen molar-refractivity contribution in [3.63, 3.8) is 0 Å². The molecule has 1 heteroatoms. The molecule has 2 rings (SSSR count). The zero-order valence-electron chi connectivity index (χ0n) is 14.6. The molecule has 118 valence electrons. The van der Waals surface area contributed by atoms with Gasteiger partial charge in [0, 0.05) is 6.04 Å². The summed E-state index contributed by atoms with van der Waals surface area (Å²) in [5.74, 6) is 1.83. The second kappa shape index (κ2) is 6.96. The standard InChI is InChI=1S/C20H33N/c1-6-15-7-10-17(13-15)19(21-5)14-16-8-11-18(12-9-16)20(2,3)4/h8-9,11-12,15,17,19,21H,6-7,10,13-14H2,1-5H3. The molecule has 0 radical (unpaired) electrons. The highest BCUT2D eigenvalue weighted by atomic mass is 14.9. The van der Waals surface area contributed by atoms with E-state index in [4.69, 9.17) is 0 Å². The zero-order chi connectivity index (χ0) is 15.5. The van der Waals surface area contributed by atoms with Crippen LogP contribution in [0.2, 0.25) is 0 Å². The van der Waals surface area contributed by atoms with Crippen molar-refractivity contribution in [3.05, 3.63) is 35.4 Å². The van der Waals surface area contributed by atoms with E-state index in [2.05, 4.69) is 64.3 Å². The van der Waals surface area contributed by atoms with Crippen molar-refractivity contribution in [2.75, 3.05) is 7.05 Å². The first-order valence-corrected chi connectivity index (χ1v) is 8.70. The van der Waals surface area contributed by atoms with E-state index in [0.717, 1.165) is 11.8 Å². The van der Waals surface area contributed by atoms with Crippen LogP contribution in [0, 0.1) is 11.8 Å². The van der Waals surface area contributed by atoms with Crippen LogP contribution in [0.15, 0.2) is 24.3 Å². The van der Waals surface area contributed by atoms with E-state index < -0.39 is 0 Å². The Morgan fingerprint density at radius 2 is 1.81 bits per heavy atom. The normalized spacial score (nSPS) is 24.2. The molecule has 3 atom stereocenters. The first-order valence-electron chi connectivity index (χ1n) is 8.70. The van der Waals surface area contributed by atoms with Crippen molar-refractivity contribution in [2.45, 2.75) is 71.3 Å². The molecule has 0 amide bonds. The van der Waals surface area contributed by atoms with Crippen LogP contribution in [0.25, 0.3) is 0 Å². The fourth-order valence-electron chi connectivity index (χ4n) is 3.75. The SMILES string of the molecule is CCC1CCC(C(Cc2ccc(C(C)(C)C)cc2)NC)C1. The fourth-order valence-corrected chi connectivity index (χ4v) is 3.75. The molecule has 1 aromatic carbocycles. The van der Waals surface area contributed by atoms with E-state index in [9.17, 15) is 0 Å². The van der Waals surface area contributed by atoms with Crippen molar-refractivity contribution in [2.24, 2.45) is 11.8 Å². The van der Waals surface area contributed by atoms with E-state index in [0.29, 0.717) is 6.04 Å². The van der Waals surface area contributed by atoms with Gasteiger partial charge >= 0.3 is 0 Å². The summed E-state index contributed by atoms with van der Waals surface area (Å²) in [6.45, 7) is 9.18. The second-order valence-corrected chi connectivity index (χ2v) is 7.89. The highest BCUT2D eigenvalue weighted by Gasteiger charge is 2.29. The number of hydrogen-bond donors (Lipinski definition) is 1. The molecule has 0 spiro atoms. The van der Waals surface area contributed by atoms with Crippen LogP contribution in [0.1, 0.15) is 64.5 Å². The van der Waals surface area contributed by atoms with Crippen LogP contribution in [-0.2, 0) is 11.8 Å². The Bertz CT molecular complexity index is 426. The summed E-state index contributed by atoms with van der Waals surface area (Å²) >= 11 is 0. The Hall–Kier alpha value is -0.820. The quantitative estimate of drug-likeness (QED) is 0.808. The lowest BCUT2D eigenvalue weighted by molar-refractivity contribution is 0.361. The maximum atomic E-state index is 3.58. The molecular weight excluding hydrogens is 254 g/mol. The van der Waals surface area contributed by atoms with E-state index >= 15 is 0 Å². The Morgan fingerprint density at radius 1 is 1.14 bits per heavy atom. The number of likely N-dealkylation sites (N-methyl/N-ethyl adjacent to an activating group) is 1. The minimum absolute atomic E-state index is 0.251. The van der Waals surface area contributed by atoms with E-state index in [1.54, 1.807) is 0 Å². The van der Waals surface area contributed by atoms with Gasteiger partial charge in [-0.25, -0.2) is 0 Å². The number of hydrogen-bond acceptors (Lipinski definition) is 1. The van der Waals surface area contributed by atoms with Crippen molar-refractivity contribution in [3.8, 4) is 0 Å². The van der Waals surface area contributed by atoms with Gasteiger partial charge in [0.25, 0.3) is 0 Å². The molecular formula is C20H33N. The van der Waals surface area contributed by atoms with Crippen molar-refractivity contribution >= 4 is 0 Å². The summed E-state index contributed by atoms with van der Waals surface area (Å²) in [6, 6.07) is 9.92. The van der Waals surface area contributed by atoms with Gasteiger partial charge in [0.15, 0.2) is 0 Å². The Kier molecular flexibility index (Phi) is 5.48. The van der Waals surface area contributed by atoms with E-state index in [1.807, 2.05) is 0 Å². The third-order valence-corrected chi connectivity index (χ3v) is 5.37. The van der Waals surface area contributed by atoms with Crippen molar-refractivity contribution < 1.29 is 0 Å². The van der Waals surface area contributed by atoms with Gasteiger partial charge in [-0.2, -0.15) is 0 Å². The van der Waals surface area contributed by atoms with E-state index in [-0.39, 0.29) is 5.41 Å². The highest BCUT2D eigenvalue weighted by Crippen LogP contribution is 2.35. The first-order chi connectivity index (χ1) is 9.94. The average molecular weight is 287 g/mol. The van der Waals surface area contributed by atoms with Crippen LogP contribution in [0.5, 0.6) is 0 Å². The lowest BCUT2D eigenvalue weighted by Crippen LogP contribution is -2.34. The van der Waals surface area contributed by atoms with E-state index in [1.165, 1.54) is 43.2 Å². The fraction of sp³-hybridized carbons (Fsp3) is 0.700. The predicted octanol–water partition coefficient (Wildman–Crippen LogP) is 4.94. The molecule has 1 fully saturated rings. The van der Waals surface area contributed by atoms with Gasteiger partial charge in [-0.1, -0.05) is 64.8 Å². The Balaban J connectivity index is 1.99. The molecule has 0 heterocycles. The molecule has 1 aliphatic carbocycles. The topological polar surface area (TPSA) is 12.0 Å². The van der Waals surface area contributed by atoms with Crippen LogP contribution < -0.4 is 5.32 Å². The average Bonchev–Trinajstić information content (AvgIpc) is 2.93. The maximum absolute atomic E-state index is 3.58.